The molecule has 12 nitrogen and oxygen atoms in total. The molecular weight excluding hydrogens is 1280 g/mol. The van der Waals surface area contributed by atoms with Gasteiger partial charge in [-0.3, -0.25) is 9.59 Å². The van der Waals surface area contributed by atoms with Crippen molar-refractivity contribution in [3.63, 3.8) is 0 Å². The molecular formula is C86H128O12Si2. The van der Waals surface area contributed by atoms with Crippen molar-refractivity contribution >= 4 is 28.6 Å². The van der Waals surface area contributed by atoms with E-state index in [9.17, 15) is 19.8 Å². The molecule has 4 aromatic rings. The number of benzene rings is 4. The van der Waals surface area contributed by atoms with Crippen molar-refractivity contribution in [3.05, 3.63) is 229 Å². The van der Waals surface area contributed by atoms with Crippen LogP contribution in [0, 0.1) is 11.8 Å². The first-order valence-electron chi connectivity index (χ1n) is 35.6. The first-order valence-corrected chi connectivity index (χ1v) is 41.4. The third-order valence-electron chi connectivity index (χ3n) is 20.6. The molecule has 0 bridgehead atoms. The number of fused-ring (bicyclic) bond motifs is 2. The van der Waals surface area contributed by atoms with Crippen LogP contribution in [0.15, 0.2) is 206 Å². The lowest BCUT2D eigenvalue weighted by atomic mass is 9.89. The summed E-state index contributed by atoms with van der Waals surface area (Å²) in [5.74, 6) is -0.703. The number of ether oxygens (including phenoxy) is 6. The molecule has 14 heteroatoms. The quantitative estimate of drug-likeness (QED) is 0.0423. The normalized spacial score (nSPS) is 28.4. The summed E-state index contributed by atoms with van der Waals surface area (Å²) in [5.41, 5.74) is 3.38. The number of cyclic esters (lactones) is 2. The Kier molecular flexibility index (Phi) is 32.9. The summed E-state index contributed by atoms with van der Waals surface area (Å²) in [6.07, 6.45) is 22.3. The van der Waals surface area contributed by atoms with Gasteiger partial charge in [0.25, 0.3) is 0 Å². The smallest absolute Gasteiger partial charge is 0.308 e. The minimum absolute atomic E-state index is 0. The molecule has 2 saturated heterocycles. The largest absolute Gasteiger partial charge is 0.457 e. The molecule has 100 heavy (non-hydrogen) atoms. The molecule has 4 unspecified atom stereocenters. The lowest BCUT2D eigenvalue weighted by Gasteiger charge is -2.40. The van der Waals surface area contributed by atoms with Gasteiger partial charge in [0.1, 0.15) is 24.4 Å². The van der Waals surface area contributed by atoms with Crippen molar-refractivity contribution in [2.45, 2.75) is 284 Å². The fraction of sp³-hybridized carbons (Fsp3) is 0.535. The van der Waals surface area contributed by atoms with Gasteiger partial charge in [-0.15, -0.1) is 6.58 Å². The third kappa shape index (κ3) is 26.1. The molecule has 552 valence electrons. The van der Waals surface area contributed by atoms with E-state index >= 15 is 0 Å². The summed E-state index contributed by atoms with van der Waals surface area (Å²) < 4.78 is 52.3. The molecule has 0 amide bonds. The molecule has 0 saturated carbocycles. The van der Waals surface area contributed by atoms with E-state index in [0.29, 0.717) is 32.1 Å². The van der Waals surface area contributed by atoms with Gasteiger partial charge in [-0.05, 0) is 151 Å². The van der Waals surface area contributed by atoms with Gasteiger partial charge in [0, 0.05) is 23.0 Å². The van der Waals surface area contributed by atoms with E-state index in [4.69, 9.17) is 37.3 Å². The number of carbonyl (C=O) groups is 2. The molecule has 4 aliphatic rings. The molecule has 14 atom stereocenters. The number of aliphatic hydroxyl groups is 2. The lowest BCUT2D eigenvalue weighted by molar-refractivity contribution is -0.152. The molecule has 0 spiro atoms. The van der Waals surface area contributed by atoms with Crippen LogP contribution in [0.5, 0.6) is 0 Å². The predicted octanol–water partition coefficient (Wildman–Crippen LogP) is 20.9. The molecule has 2 fully saturated rings. The van der Waals surface area contributed by atoms with E-state index in [-0.39, 0.29) is 86.0 Å². The van der Waals surface area contributed by atoms with Crippen molar-refractivity contribution in [1.82, 2.24) is 0 Å². The van der Waals surface area contributed by atoms with Crippen molar-refractivity contribution in [2.75, 3.05) is 0 Å². The molecule has 4 aromatic carbocycles. The number of rotatable bonds is 18. The minimum atomic E-state index is -2.19. The predicted molar refractivity (Wildman–Crippen MR) is 417 cm³/mol. The molecule has 4 heterocycles. The van der Waals surface area contributed by atoms with Gasteiger partial charge in [-0.1, -0.05) is 259 Å². The lowest BCUT2D eigenvalue weighted by Crippen LogP contribution is -2.45. The van der Waals surface area contributed by atoms with Gasteiger partial charge < -0.3 is 47.5 Å². The number of hydrogen-bond donors (Lipinski definition) is 2. The van der Waals surface area contributed by atoms with E-state index in [2.05, 4.69) is 157 Å². The van der Waals surface area contributed by atoms with Gasteiger partial charge in [0.05, 0.1) is 47.5 Å². The van der Waals surface area contributed by atoms with Crippen LogP contribution < -0.4 is 0 Å². The van der Waals surface area contributed by atoms with E-state index in [1.165, 1.54) is 11.1 Å². The average molecular weight is 1410 g/mol. The topological polar surface area (TPSA) is 148 Å². The standard InChI is InChI=1S/C41H58O6Si.C31H46O5Si.C12H16O.2CH4/c1-30(17-16-26-40(6,43)27-24-32-18-12-10-13-19-32)37-31(2)22-23-35-41(7,46-38(44-35)33-20-14-11-15-21-33)28-25-34(29-36(42)45-37)47-48(8,9)39(3,4)5;1-10-14-22(2)28-23(3)17-18-26-31(7,35-29(33-26)24-15-12-11-13-16-24)20-19-25(21-27(32)34-28)36-37(8,9)30(4,5)6;1-3-12(2,13)10-9-11-7-5-4-6-8-11;;/h10-23,26,31,34-35,37-38,43H,24-25,27-29H2,1-9H3;10-18,23,25-26,28-29H,1,19-21H2,2-9H3;3-8,13H,1,9-10H2,2H3;2*1H4/b23-22+,26-16+,30-17+;18-17+,22-14+;;;/t31-,34+,35-,37+,38?,40?,41+;23-,25+,26-,28+,29?,31+;;;/m00.../s1. The second-order valence-electron chi connectivity index (χ2n) is 31.6. The highest BCUT2D eigenvalue weighted by atomic mass is 28.4. The maximum atomic E-state index is 13.7. The third-order valence-corrected chi connectivity index (χ3v) is 29.7. The van der Waals surface area contributed by atoms with Crippen LogP contribution >= 0.6 is 0 Å². The summed E-state index contributed by atoms with van der Waals surface area (Å²) in [6.45, 7) is 45.5. The summed E-state index contributed by atoms with van der Waals surface area (Å²) in [5, 5.41) is 20.7. The number of carbonyl (C=O) groups excluding carboxylic acids is 2. The van der Waals surface area contributed by atoms with Crippen LogP contribution in [0.1, 0.15) is 198 Å². The highest BCUT2D eigenvalue weighted by Gasteiger charge is 2.49. The van der Waals surface area contributed by atoms with Crippen molar-refractivity contribution in [3.8, 4) is 0 Å². The molecule has 0 aromatic heterocycles. The van der Waals surface area contributed by atoms with Crippen LogP contribution in [0.3, 0.4) is 0 Å². The highest BCUT2D eigenvalue weighted by molar-refractivity contribution is 6.74. The SMILES string of the molecule is C.C.C/C(=C\C=C\C(C)(O)CCc1ccccc1)[C@H]1OC(=O)C[C@H](O[Si](C)(C)C(C)(C)C)CC[C@@]2(C)OC(c3ccccc3)O[C@H]2/C=C/[C@@H]1C.C=C/C=C(\C)[C@H]1OC(=O)C[C@H](O[Si](C)(C)C(C)(C)C)CC[C@@]2(C)OC(c3ccccc3)O[C@H]2/C=C/[C@@H]1C.C=CC(C)(O)CCc1ccccc1. The summed E-state index contributed by atoms with van der Waals surface area (Å²) >= 11 is 0. The first-order chi connectivity index (χ1) is 45.9. The van der Waals surface area contributed by atoms with Gasteiger partial charge in [0.15, 0.2) is 29.2 Å². The van der Waals surface area contributed by atoms with Crippen molar-refractivity contribution < 1.29 is 57.1 Å². The Morgan fingerprint density at radius 2 is 0.900 bits per heavy atom. The Labute approximate surface area is 606 Å². The number of aryl methyl sites for hydroxylation is 2. The Hall–Kier alpha value is -5.89. The number of hydrogen-bond acceptors (Lipinski definition) is 12. The first kappa shape index (κ1) is 86.5. The van der Waals surface area contributed by atoms with Crippen molar-refractivity contribution in [1.29, 1.82) is 0 Å². The van der Waals surface area contributed by atoms with Gasteiger partial charge in [-0.25, -0.2) is 0 Å². The van der Waals surface area contributed by atoms with E-state index in [1.54, 1.807) is 19.1 Å². The average Bonchev–Trinajstić information content (AvgIpc) is 0.921. The Balaban J connectivity index is 0.000000360. The Morgan fingerprint density at radius 1 is 0.550 bits per heavy atom. The Bertz CT molecular complexity index is 3310. The monoisotopic (exact) mass is 1410 g/mol. The van der Waals surface area contributed by atoms with Crippen LogP contribution in [0.2, 0.25) is 36.3 Å². The van der Waals surface area contributed by atoms with E-state index < -0.39 is 63.8 Å². The summed E-state index contributed by atoms with van der Waals surface area (Å²) in [6, 6.07) is 40.4. The fourth-order valence-electron chi connectivity index (χ4n) is 11.9. The molecule has 8 rings (SSSR count). The molecule has 0 radical (unpaired) electrons. The highest BCUT2D eigenvalue weighted by Crippen LogP contribution is 2.46. The van der Waals surface area contributed by atoms with Gasteiger partial charge in [0.2, 0.25) is 0 Å². The number of allylic oxidation sites excluding steroid dienone is 4. The van der Waals surface area contributed by atoms with Crippen LogP contribution in [0.25, 0.3) is 0 Å². The summed E-state index contributed by atoms with van der Waals surface area (Å²) in [7, 11) is -4.31. The molecule has 2 N–H and O–H groups in total. The molecule has 4 aliphatic heterocycles. The molecule has 0 aliphatic carbocycles. The zero-order chi connectivity index (χ0) is 72.3. The van der Waals surface area contributed by atoms with E-state index in [1.807, 2.05) is 142 Å². The minimum Gasteiger partial charge on any atom is -0.457 e. The van der Waals surface area contributed by atoms with Crippen LogP contribution in [-0.2, 0) is 59.7 Å². The van der Waals surface area contributed by atoms with Crippen molar-refractivity contribution in [2.24, 2.45) is 11.8 Å². The number of esters is 2. The maximum Gasteiger partial charge on any atom is 0.308 e. The second-order valence-corrected chi connectivity index (χ2v) is 41.1. The van der Waals surface area contributed by atoms with E-state index in [0.717, 1.165) is 41.5 Å². The van der Waals surface area contributed by atoms with Gasteiger partial charge in [-0.2, -0.15) is 0 Å². The fourth-order valence-corrected chi connectivity index (χ4v) is 14.7. The Morgan fingerprint density at radius 3 is 1.25 bits per heavy atom. The van der Waals surface area contributed by atoms with Crippen LogP contribution in [0.4, 0.5) is 0 Å². The second kappa shape index (κ2) is 38.0. The zero-order valence-corrected chi connectivity index (χ0v) is 64.6. The zero-order valence-electron chi connectivity index (χ0n) is 62.6. The van der Waals surface area contributed by atoms with Gasteiger partial charge >= 0.3 is 11.9 Å². The maximum absolute atomic E-state index is 13.7. The summed E-state index contributed by atoms with van der Waals surface area (Å²) in [4.78, 5) is 26.9. The van der Waals surface area contributed by atoms with Crippen LogP contribution in [-0.4, -0.2) is 97.8 Å².